The first kappa shape index (κ1) is 19.3. The zero-order chi connectivity index (χ0) is 19.6. The van der Waals surface area contributed by atoms with Crippen LogP contribution in [-0.2, 0) is 5.41 Å². The van der Waals surface area contributed by atoms with E-state index in [0.717, 1.165) is 6.07 Å². The van der Waals surface area contributed by atoms with Crippen molar-refractivity contribution in [1.82, 2.24) is 4.90 Å². The molecule has 1 aliphatic heterocycles. The fraction of sp³-hybridized carbons (Fsp3) is 0.409. The van der Waals surface area contributed by atoms with Crippen molar-refractivity contribution < 1.29 is 18.3 Å². The molecule has 2 aromatic carbocycles. The fourth-order valence-electron chi connectivity index (χ4n) is 3.22. The summed E-state index contributed by atoms with van der Waals surface area (Å²) in [6.45, 7) is 7.51. The van der Waals surface area contributed by atoms with Crippen LogP contribution in [0.1, 0.15) is 49.5 Å². The van der Waals surface area contributed by atoms with Crippen LogP contribution >= 0.6 is 0 Å². The zero-order valence-corrected chi connectivity index (χ0v) is 16.0. The fourth-order valence-corrected chi connectivity index (χ4v) is 3.22. The maximum atomic E-state index is 13.7. The maximum Gasteiger partial charge on any atom is 0.253 e. The summed E-state index contributed by atoms with van der Waals surface area (Å²) >= 11 is 0. The lowest BCUT2D eigenvalue weighted by molar-refractivity contribution is 0.0588. The summed E-state index contributed by atoms with van der Waals surface area (Å²) in [6.07, 6.45) is 1.04. The number of rotatable bonds is 3. The highest BCUT2D eigenvalue weighted by Gasteiger charge is 2.25. The topological polar surface area (TPSA) is 29.5 Å². The normalized spacial score (nSPS) is 15.7. The average molecular weight is 373 g/mol. The van der Waals surface area contributed by atoms with Crippen molar-refractivity contribution in [3.05, 3.63) is 65.2 Å². The van der Waals surface area contributed by atoms with E-state index in [-0.39, 0.29) is 23.2 Å². The number of hydrogen-bond donors (Lipinski definition) is 0. The standard InChI is InChI=1S/C22H25F2NO2/c1-22(2,3)16-6-4-15(5-7-16)21(26)25-12-10-18(11-13-25)27-20-9-8-17(23)14-19(20)24/h4-9,14,18H,10-13H2,1-3H3. The molecule has 5 heteroatoms. The minimum atomic E-state index is -0.701. The molecule has 1 heterocycles. The molecule has 144 valence electrons. The molecule has 1 saturated heterocycles. The van der Waals surface area contributed by atoms with Gasteiger partial charge in [0.1, 0.15) is 11.9 Å². The Morgan fingerprint density at radius 3 is 2.22 bits per heavy atom. The molecule has 3 rings (SSSR count). The van der Waals surface area contributed by atoms with Crippen LogP contribution in [0.3, 0.4) is 0 Å². The number of hydrogen-bond acceptors (Lipinski definition) is 2. The van der Waals surface area contributed by atoms with Gasteiger partial charge in [-0.05, 0) is 35.2 Å². The van der Waals surface area contributed by atoms with Crippen LogP contribution < -0.4 is 4.74 Å². The minimum absolute atomic E-state index is 0.00173. The van der Waals surface area contributed by atoms with Crippen molar-refractivity contribution >= 4 is 5.91 Å². The van der Waals surface area contributed by atoms with Gasteiger partial charge in [-0.15, -0.1) is 0 Å². The second-order valence-corrected chi connectivity index (χ2v) is 8.01. The minimum Gasteiger partial charge on any atom is -0.487 e. The number of amides is 1. The van der Waals surface area contributed by atoms with E-state index >= 15 is 0 Å². The number of likely N-dealkylation sites (tertiary alicyclic amines) is 1. The van der Waals surface area contributed by atoms with E-state index in [0.29, 0.717) is 31.5 Å². The van der Waals surface area contributed by atoms with Gasteiger partial charge in [0.25, 0.3) is 5.91 Å². The van der Waals surface area contributed by atoms with E-state index < -0.39 is 11.6 Å². The highest BCUT2D eigenvalue weighted by Crippen LogP contribution is 2.25. The van der Waals surface area contributed by atoms with E-state index in [1.165, 1.54) is 17.7 Å². The molecule has 0 aliphatic carbocycles. The van der Waals surface area contributed by atoms with Gasteiger partial charge in [0.15, 0.2) is 11.6 Å². The summed E-state index contributed by atoms with van der Waals surface area (Å²) in [5.74, 6) is -1.27. The average Bonchev–Trinajstić information content (AvgIpc) is 2.63. The van der Waals surface area contributed by atoms with Gasteiger partial charge < -0.3 is 9.64 Å². The van der Waals surface area contributed by atoms with Crippen LogP contribution in [0.4, 0.5) is 8.78 Å². The van der Waals surface area contributed by atoms with Crippen molar-refractivity contribution in [2.45, 2.75) is 45.1 Å². The maximum absolute atomic E-state index is 13.7. The van der Waals surface area contributed by atoms with Crippen molar-refractivity contribution in [2.24, 2.45) is 0 Å². The summed E-state index contributed by atoms with van der Waals surface area (Å²) in [5.41, 5.74) is 1.91. The number of carbonyl (C=O) groups is 1. The monoisotopic (exact) mass is 373 g/mol. The largest absolute Gasteiger partial charge is 0.487 e. The lowest BCUT2D eigenvalue weighted by Gasteiger charge is -2.32. The van der Waals surface area contributed by atoms with Gasteiger partial charge in [-0.1, -0.05) is 32.9 Å². The molecule has 0 bridgehead atoms. The van der Waals surface area contributed by atoms with Gasteiger partial charge in [-0.3, -0.25) is 4.79 Å². The Labute approximate surface area is 158 Å². The molecule has 0 unspecified atom stereocenters. The van der Waals surface area contributed by atoms with E-state index in [1.54, 1.807) is 4.90 Å². The third-order valence-corrected chi connectivity index (χ3v) is 4.91. The molecule has 0 spiro atoms. The molecule has 1 fully saturated rings. The van der Waals surface area contributed by atoms with Crippen LogP contribution in [0.5, 0.6) is 5.75 Å². The van der Waals surface area contributed by atoms with Crippen LogP contribution in [0.25, 0.3) is 0 Å². The third kappa shape index (κ3) is 4.65. The van der Waals surface area contributed by atoms with Crippen LogP contribution in [-0.4, -0.2) is 30.0 Å². The Bertz CT molecular complexity index is 804. The first-order valence-corrected chi connectivity index (χ1v) is 9.25. The summed E-state index contributed by atoms with van der Waals surface area (Å²) in [4.78, 5) is 14.5. The van der Waals surface area contributed by atoms with Crippen LogP contribution in [0.2, 0.25) is 0 Å². The lowest BCUT2D eigenvalue weighted by atomic mass is 9.86. The Morgan fingerprint density at radius 2 is 1.67 bits per heavy atom. The molecule has 0 N–H and O–H groups in total. The third-order valence-electron chi connectivity index (χ3n) is 4.91. The molecular weight excluding hydrogens is 348 g/mol. The second kappa shape index (κ2) is 7.67. The molecule has 1 aliphatic rings. The Kier molecular flexibility index (Phi) is 5.49. The number of carbonyl (C=O) groups excluding carboxylic acids is 1. The highest BCUT2D eigenvalue weighted by atomic mass is 19.1. The number of halogens is 2. The summed E-state index contributed by atoms with van der Waals surface area (Å²) < 4.78 is 32.3. The summed E-state index contributed by atoms with van der Waals surface area (Å²) in [5, 5.41) is 0. The van der Waals surface area contributed by atoms with Gasteiger partial charge in [-0.25, -0.2) is 8.78 Å². The zero-order valence-electron chi connectivity index (χ0n) is 16.0. The molecule has 0 atom stereocenters. The Hall–Kier alpha value is -2.43. The molecule has 0 saturated carbocycles. The van der Waals surface area contributed by atoms with Crippen molar-refractivity contribution in [3.63, 3.8) is 0 Å². The van der Waals surface area contributed by atoms with Gasteiger partial charge in [0.05, 0.1) is 0 Å². The molecule has 27 heavy (non-hydrogen) atoms. The Balaban J connectivity index is 1.57. The van der Waals surface area contributed by atoms with Crippen molar-refractivity contribution in [2.75, 3.05) is 13.1 Å². The van der Waals surface area contributed by atoms with E-state index in [9.17, 15) is 13.6 Å². The molecule has 0 aromatic heterocycles. The molecule has 2 aromatic rings. The van der Waals surface area contributed by atoms with Crippen molar-refractivity contribution in [1.29, 1.82) is 0 Å². The van der Waals surface area contributed by atoms with Gasteiger partial charge in [0.2, 0.25) is 0 Å². The molecule has 0 radical (unpaired) electrons. The predicted octanol–water partition coefficient (Wildman–Crippen LogP) is 4.95. The first-order valence-electron chi connectivity index (χ1n) is 9.25. The number of nitrogens with zero attached hydrogens (tertiary/aromatic N) is 1. The summed E-state index contributed by atoms with van der Waals surface area (Å²) in [6, 6.07) is 11.0. The van der Waals surface area contributed by atoms with Gasteiger partial charge >= 0.3 is 0 Å². The van der Waals surface area contributed by atoms with Crippen LogP contribution in [0.15, 0.2) is 42.5 Å². The van der Waals surface area contributed by atoms with E-state index in [2.05, 4.69) is 20.8 Å². The first-order chi connectivity index (χ1) is 12.7. The quantitative estimate of drug-likeness (QED) is 0.762. The highest BCUT2D eigenvalue weighted by molar-refractivity contribution is 5.94. The number of ether oxygens (including phenoxy) is 1. The number of benzene rings is 2. The Morgan fingerprint density at radius 1 is 1.04 bits per heavy atom. The van der Waals surface area contributed by atoms with E-state index in [1.807, 2.05) is 24.3 Å². The van der Waals surface area contributed by atoms with Gasteiger partial charge in [-0.2, -0.15) is 0 Å². The summed E-state index contributed by atoms with van der Waals surface area (Å²) in [7, 11) is 0. The van der Waals surface area contributed by atoms with Crippen LogP contribution in [0, 0.1) is 11.6 Å². The number of piperidine rings is 1. The predicted molar refractivity (Wildman–Crippen MR) is 101 cm³/mol. The molecular formula is C22H25F2NO2. The van der Waals surface area contributed by atoms with E-state index in [4.69, 9.17) is 4.74 Å². The van der Waals surface area contributed by atoms with Crippen molar-refractivity contribution in [3.8, 4) is 5.75 Å². The lowest BCUT2D eigenvalue weighted by Crippen LogP contribution is -2.41. The molecule has 1 amide bonds. The second-order valence-electron chi connectivity index (χ2n) is 8.01. The SMILES string of the molecule is CC(C)(C)c1ccc(C(=O)N2CCC(Oc3ccc(F)cc3F)CC2)cc1. The van der Waals surface area contributed by atoms with Gasteiger partial charge in [0, 0.05) is 37.6 Å². The smallest absolute Gasteiger partial charge is 0.253 e. The molecule has 3 nitrogen and oxygen atoms in total.